The highest BCUT2D eigenvalue weighted by Crippen LogP contribution is 2.34. The Labute approximate surface area is 78.7 Å². The summed E-state index contributed by atoms with van der Waals surface area (Å²) in [4.78, 5) is 17.6. The van der Waals surface area contributed by atoms with Crippen molar-refractivity contribution in [3.05, 3.63) is 28.2 Å². The minimum absolute atomic E-state index is 0.0416. The van der Waals surface area contributed by atoms with E-state index in [2.05, 4.69) is 15.9 Å². The van der Waals surface area contributed by atoms with E-state index in [0.29, 0.717) is 4.47 Å². The molecular weight excluding hydrogens is 243 g/mol. The first-order valence-corrected chi connectivity index (χ1v) is 5.64. The summed E-state index contributed by atoms with van der Waals surface area (Å²) in [6, 6.07) is 4.54. The van der Waals surface area contributed by atoms with E-state index < -0.39 is 7.60 Å². The lowest BCUT2D eigenvalue weighted by Crippen LogP contribution is -2.03. The van der Waals surface area contributed by atoms with Crippen molar-refractivity contribution in [3.63, 3.8) is 0 Å². The first-order valence-electron chi connectivity index (χ1n) is 3.23. The molecule has 12 heavy (non-hydrogen) atoms. The molecule has 1 aromatic carbocycles. The Bertz CT molecular complexity index is 345. The lowest BCUT2D eigenvalue weighted by molar-refractivity contribution is 0.387. The summed E-state index contributed by atoms with van der Waals surface area (Å²) < 4.78 is 11.5. The molecule has 66 valence electrons. The molecule has 0 saturated heterocycles. The van der Waals surface area contributed by atoms with Gasteiger partial charge in [-0.2, -0.15) is 0 Å². The van der Waals surface area contributed by atoms with E-state index in [4.69, 9.17) is 9.79 Å². The zero-order valence-corrected chi connectivity index (χ0v) is 8.84. The second-order valence-corrected chi connectivity index (χ2v) is 4.94. The molecule has 3 nitrogen and oxygen atoms in total. The molecule has 0 amide bonds. The van der Waals surface area contributed by atoms with E-state index >= 15 is 0 Å². The molecular formula is C7H8BrO3P. The van der Waals surface area contributed by atoms with Crippen LogP contribution < -0.4 is 5.30 Å². The van der Waals surface area contributed by atoms with Crippen LogP contribution in [0.3, 0.4) is 0 Å². The van der Waals surface area contributed by atoms with Crippen molar-refractivity contribution in [2.75, 3.05) is 0 Å². The van der Waals surface area contributed by atoms with Crippen LogP contribution in [0.4, 0.5) is 0 Å². The number of aryl methyl sites for hydroxylation is 1. The van der Waals surface area contributed by atoms with Gasteiger partial charge in [0.2, 0.25) is 0 Å². The summed E-state index contributed by atoms with van der Waals surface area (Å²) in [5.41, 5.74) is 0.951. The highest BCUT2D eigenvalue weighted by molar-refractivity contribution is 9.10. The van der Waals surface area contributed by atoms with Crippen LogP contribution in [0.15, 0.2) is 22.7 Å². The third-order valence-electron chi connectivity index (χ3n) is 1.49. The lowest BCUT2D eigenvalue weighted by Gasteiger charge is -2.05. The number of benzene rings is 1. The molecule has 0 radical (unpaired) electrons. The van der Waals surface area contributed by atoms with E-state index in [1.807, 2.05) is 6.92 Å². The van der Waals surface area contributed by atoms with E-state index in [1.54, 1.807) is 6.07 Å². The quantitative estimate of drug-likeness (QED) is 0.744. The number of halogens is 1. The van der Waals surface area contributed by atoms with Crippen LogP contribution in [0.5, 0.6) is 0 Å². The van der Waals surface area contributed by atoms with E-state index in [-0.39, 0.29) is 5.30 Å². The minimum atomic E-state index is -4.09. The van der Waals surface area contributed by atoms with Crippen LogP contribution in [0.25, 0.3) is 0 Å². The maximum absolute atomic E-state index is 10.8. The molecule has 2 N–H and O–H groups in total. The van der Waals surface area contributed by atoms with Crippen molar-refractivity contribution >= 4 is 28.8 Å². The predicted octanol–water partition coefficient (Wildman–Crippen LogP) is 1.56. The predicted molar refractivity (Wildman–Crippen MR) is 50.6 cm³/mol. The molecule has 0 fully saturated rings. The monoisotopic (exact) mass is 250 g/mol. The number of rotatable bonds is 1. The van der Waals surface area contributed by atoms with Crippen molar-refractivity contribution in [2.24, 2.45) is 0 Å². The van der Waals surface area contributed by atoms with Crippen molar-refractivity contribution in [2.45, 2.75) is 6.92 Å². The largest absolute Gasteiger partial charge is 0.356 e. The Hall–Kier alpha value is -0.150. The van der Waals surface area contributed by atoms with Gasteiger partial charge in [-0.05, 0) is 24.6 Å². The average molecular weight is 251 g/mol. The number of hydrogen-bond acceptors (Lipinski definition) is 1. The molecule has 1 rings (SSSR count). The maximum Gasteiger partial charge on any atom is 0.356 e. The smallest absolute Gasteiger partial charge is 0.321 e. The van der Waals surface area contributed by atoms with E-state index in [9.17, 15) is 4.57 Å². The van der Waals surface area contributed by atoms with Crippen molar-refractivity contribution in [1.82, 2.24) is 0 Å². The summed E-state index contributed by atoms with van der Waals surface area (Å²) in [7, 11) is -4.09. The topological polar surface area (TPSA) is 57.5 Å². The standard InChI is InChI=1S/C7H8BrO3P/c1-5-2-3-6(4-7(5)8)12(9,10)11/h2-4H,1H3,(H2,9,10,11). The lowest BCUT2D eigenvalue weighted by atomic mass is 10.2. The molecule has 0 atom stereocenters. The molecule has 0 aliphatic carbocycles. The molecule has 0 heterocycles. The van der Waals surface area contributed by atoms with Gasteiger partial charge in [0.25, 0.3) is 0 Å². The average Bonchev–Trinajstić information content (AvgIpc) is 1.92. The molecule has 5 heteroatoms. The molecule has 0 spiro atoms. The second kappa shape index (κ2) is 3.30. The fourth-order valence-electron chi connectivity index (χ4n) is 0.763. The Morgan fingerprint density at radius 3 is 2.42 bits per heavy atom. The van der Waals surface area contributed by atoms with Gasteiger partial charge < -0.3 is 9.79 Å². The summed E-state index contributed by atoms with van der Waals surface area (Å²) in [6.07, 6.45) is 0. The third-order valence-corrected chi connectivity index (χ3v) is 3.30. The van der Waals surface area contributed by atoms with Crippen molar-refractivity contribution < 1.29 is 14.4 Å². The van der Waals surface area contributed by atoms with Crippen LogP contribution >= 0.6 is 23.5 Å². The van der Waals surface area contributed by atoms with E-state index in [1.165, 1.54) is 12.1 Å². The van der Waals surface area contributed by atoms with Crippen LogP contribution in [-0.2, 0) is 4.57 Å². The van der Waals surface area contributed by atoms with Crippen LogP contribution in [-0.4, -0.2) is 9.79 Å². The molecule has 0 aliphatic heterocycles. The van der Waals surface area contributed by atoms with Crippen molar-refractivity contribution in [1.29, 1.82) is 0 Å². The summed E-state index contributed by atoms with van der Waals surface area (Å²) in [6.45, 7) is 1.85. The zero-order valence-electron chi connectivity index (χ0n) is 6.36. The summed E-state index contributed by atoms with van der Waals surface area (Å²) in [5.74, 6) is 0. The van der Waals surface area contributed by atoms with Gasteiger partial charge in [0.05, 0.1) is 5.30 Å². The summed E-state index contributed by atoms with van der Waals surface area (Å²) in [5, 5.41) is 0.0416. The minimum Gasteiger partial charge on any atom is -0.321 e. The van der Waals surface area contributed by atoms with Crippen molar-refractivity contribution in [3.8, 4) is 0 Å². The third kappa shape index (κ3) is 2.17. The molecule has 0 aliphatic rings. The molecule has 0 bridgehead atoms. The fourth-order valence-corrected chi connectivity index (χ4v) is 1.88. The van der Waals surface area contributed by atoms with Crippen LogP contribution in [0.2, 0.25) is 0 Å². The van der Waals surface area contributed by atoms with E-state index in [0.717, 1.165) is 5.56 Å². The number of hydrogen-bond donors (Lipinski definition) is 2. The highest BCUT2D eigenvalue weighted by atomic mass is 79.9. The van der Waals surface area contributed by atoms with Gasteiger partial charge in [-0.15, -0.1) is 0 Å². The summed E-state index contributed by atoms with van der Waals surface area (Å²) >= 11 is 3.20. The Morgan fingerprint density at radius 1 is 1.42 bits per heavy atom. The zero-order chi connectivity index (χ0) is 9.35. The molecule has 0 aromatic heterocycles. The van der Waals surface area contributed by atoms with Crippen LogP contribution in [0, 0.1) is 6.92 Å². The van der Waals surface area contributed by atoms with Gasteiger partial charge in [0.15, 0.2) is 0 Å². The van der Waals surface area contributed by atoms with Gasteiger partial charge in [0, 0.05) is 4.47 Å². The van der Waals surface area contributed by atoms with Gasteiger partial charge in [0.1, 0.15) is 0 Å². The fraction of sp³-hybridized carbons (Fsp3) is 0.143. The normalized spacial score (nSPS) is 11.7. The molecule has 0 unspecified atom stereocenters. The Morgan fingerprint density at radius 2 is 2.00 bits per heavy atom. The first-order chi connectivity index (χ1) is 5.41. The Kier molecular flexibility index (Phi) is 2.74. The van der Waals surface area contributed by atoms with Gasteiger partial charge in [-0.1, -0.05) is 22.0 Å². The molecule has 1 aromatic rings. The Balaban J connectivity index is 3.23. The first kappa shape index (κ1) is 9.93. The van der Waals surface area contributed by atoms with Gasteiger partial charge in [-0.3, -0.25) is 4.57 Å². The second-order valence-electron chi connectivity index (χ2n) is 2.48. The highest BCUT2D eigenvalue weighted by Gasteiger charge is 2.16. The van der Waals surface area contributed by atoms with Crippen LogP contribution in [0.1, 0.15) is 5.56 Å². The van der Waals surface area contributed by atoms with Gasteiger partial charge >= 0.3 is 7.60 Å². The van der Waals surface area contributed by atoms with Gasteiger partial charge in [-0.25, -0.2) is 0 Å². The SMILES string of the molecule is Cc1ccc(P(=O)(O)O)cc1Br. The maximum atomic E-state index is 10.8. The molecule has 0 saturated carbocycles.